The Bertz CT molecular complexity index is 1010. The molecule has 1 aliphatic rings. The van der Waals surface area contributed by atoms with Gasteiger partial charge in [0.15, 0.2) is 5.54 Å². The summed E-state index contributed by atoms with van der Waals surface area (Å²) < 4.78 is 48.7. The zero-order valence-corrected chi connectivity index (χ0v) is 16.9. The van der Waals surface area contributed by atoms with E-state index in [0.717, 1.165) is 19.1 Å². The summed E-state index contributed by atoms with van der Waals surface area (Å²) in [7, 11) is 0. The summed E-state index contributed by atoms with van der Waals surface area (Å²) in [6.07, 6.45) is 1.38. The van der Waals surface area contributed by atoms with Crippen molar-refractivity contribution >= 4 is 35.5 Å². The molecule has 2 heterocycles. The van der Waals surface area contributed by atoms with Gasteiger partial charge in [-0.2, -0.15) is 0 Å². The normalized spacial score (nSPS) is 19.8. The molecule has 0 unspecified atom stereocenters. The number of nitrogens with zero attached hydrogens (tertiary/aromatic N) is 2. The average molecular weight is 459 g/mol. The first-order valence-electron chi connectivity index (χ1n) is 8.65. The van der Waals surface area contributed by atoms with Crippen LogP contribution in [0.3, 0.4) is 0 Å². The third-order valence-electron chi connectivity index (χ3n) is 4.33. The minimum Gasteiger partial charge on any atom is -0.483 e. The van der Waals surface area contributed by atoms with Crippen molar-refractivity contribution in [3.63, 3.8) is 0 Å². The van der Waals surface area contributed by atoms with Crippen LogP contribution in [0, 0.1) is 5.82 Å². The number of carbonyl (C=O) groups excluding carboxylic acids is 1. The number of pyridine rings is 1. The van der Waals surface area contributed by atoms with E-state index in [1.807, 2.05) is 0 Å². The maximum absolute atomic E-state index is 14.7. The molecule has 0 spiro atoms. The lowest BCUT2D eigenvalue weighted by atomic mass is 9.85. The second kappa shape index (κ2) is 9.75. The Morgan fingerprint density at radius 1 is 1.39 bits per heavy atom. The molecule has 12 heteroatoms. The second-order valence-corrected chi connectivity index (χ2v) is 6.87. The van der Waals surface area contributed by atoms with Crippen LogP contribution in [0.25, 0.3) is 0 Å². The summed E-state index contributed by atoms with van der Waals surface area (Å²) in [4.78, 5) is 28.4. The van der Waals surface area contributed by atoms with E-state index in [0.29, 0.717) is 0 Å². The lowest BCUT2D eigenvalue weighted by molar-refractivity contribution is -0.122. The largest absolute Gasteiger partial charge is 0.483 e. The first kappa shape index (κ1) is 24.1. The van der Waals surface area contributed by atoms with E-state index in [9.17, 15) is 18.0 Å². The number of benzene rings is 1. The summed E-state index contributed by atoms with van der Waals surface area (Å²) in [5.74, 6) is -5.32. The summed E-state index contributed by atoms with van der Waals surface area (Å²) in [5.41, 5.74) is 2.86. The van der Waals surface area contributed by atoms with Crippen molar-refractivity contribution in [2.75, 3.05) is 18.5 Å². The van der Waals surface area contributed by atoms with Gasteiger partial charge in [0.2, 0.25) is 0 Å². The van der Waals surface area contributed by atoms with Crippen molar-refractivity contribution in [1.29, 1.82) is 0 Å². The SMILES string of the molecule is C[C@]1(c2cc(NC(=O)c3ncccc3Cl)ccc2F)N=C(N)COCC1(F)F.O=CO. The number of hydrogen-bond donors (Lipinski definition) is 3. The molecule has 166 valence electrons. The molecular formula is C19H18ClF3N4O4. The molecule has 0 radical (unpaired) electrons. The standard InChI is InChI=1S/C18H16ClF3N4O2.CH2O2/c1-17(18(21,22)9-28-8-14(23)26-17)11-7-10(4-5-13(11)20)25-16(27)15-12(19)3-2-6-24-15;2-1-3/h2-7H,8-9H2,1H3,(H2,23,26)(H,25,27);1H,(H,2,3)/t17-;/m1./s1. The number of rotatable bonds is 3. The first-order valence-corrected chi connectivity index (χ1v) is 9.03. The first-order chi connectivity index (χ1) is 14.6. The van der Waals surface area contributed by atoms with Gasteiger partial charge in [-0.15, -0.1) is 0 Å². The fourth-order valence-corrected chi connectivity index (χ4v) is 3.01. The molecule has 3 rings (SSSR count). The van der Waals surface area contributed by atoms with Gasteiger partial charge in [0.1, 0.15) is 30.6 Å². The Hall–Kier alpha value is -3.18. The van der Waals surface area contributed by atoms with Gasteiger partial charge in [-0.1, -0.05) is 11.6 Å². The number of ether oxygens (including phenoxy) is 1. The molecule has 1 atom stereocenters. The topological polar surface area (TPSA) is 127 Å². The van der Waals surface area contributed by atoms with Crippen LogP contribution >= 0.6 is 11.6 Å². The zero-order chi connectivity index (χ0) is 23.2. The number of amidine groups is 1. The molecule has 1 amide bonds. The van der Waals surface area contributed by atoms with Crippen molar-refractivity contribution in [2.45, 2.75) is 18.4 Å². The van der Waals surface area contributed by atoms with Gasteiger partial charge < -0.3 is 20.9 Å². The second-order valence-electron chi connectivity index (χ2n) is 6.46. The molecule has 31 heavy (non-hydrogen) atoms. The van der Waals surface area contributed by atoms with Crippen molar-refractivity contribution in [3.05, 3.63) is 58.6 Å². The number of hydrogen-bond acceptors (Lipinski definition) is 6. The molecule has 0 aliphatic carbocycles. The number of anilines is 1. The van der Waals surface area contributed by atoms with E-state index in [2.05, 4.69) is 15.3 Å². The fourth-order valence-electron chi connectivity index (χ4n) is 2.80. The molecule has 0 saturated carbocycles. The molecule has 1 aliphatic heterocycles. The predicted molar refractivity (Wildman–Crippen MR) is 107 cm³/mol. The smallest absolute Gasteiger partial charge is 0.299 e. The van der Waals surface area contributed by atoms with Crippen LogP contribution in [-0.4, -0.2) is 47.4 Å². The Balaban J connectivity index is 0.00000107. The van der Waals surface area contributed by atoms with Gasteiger partial charge >= 0.3 is 0 Å². The monoisotopic (exact) mass is 458 g/mol. The predicted octanol–water partition coefficient (Wildman–Crippen LogP) is 3.07. The van der Waals surface area contributed by atoms with Gasteiger partial charge in [0.05, 0.1) is 5.02 Å². The van der Waals surface area contributed by atoms with Crippen molar-refractivity contribution < 1.29 is 32.6 Å². The summed E-state index contributed by atoms with van der Waals surface area (Å²) in [6.45, 7) is -0.456. The minimum absolute atomic E-state index is 0.0586. The van der Waals surface area contributed by atoms with E-state index in [-0.39, 0.29) is 35.3 Å². The van der Waals surface area contributed by atoms with Gasteiger partial charge in [-0.25, -0.2) is 18.2 Å². The van der Waals surface area contributed by atoms with Crippen LogP contribution in [-0.2, 0) is 15.1 Å². The van der Waals surface area contributed by atoms with Crippen molar-refractivity contribution in [1.82, 2.24) is 4.98 Å². The maximum atomic E-state index is 14.7. The molecule has 2 aromatic rings. The number of aliphatic imine (C=N–C) groups is 1. The highest BCUT2D eigenvalue weighted by Crippen LogP contribution is 2.44. The average Bonchev–Trinajstić information content (AvgIpc) is 2.79. The van der Waals surface area contributed by atoms with Gasteiger partial charge in [-0.05, 0) is 37.3 Å². The molecule has 8 nitrogen and oxygen atoms in total. The van der Waals surface area contributed by atoms with Crippen molar-refractivity contribution in [3.8, 4) is 0 Å². The number of nitrogens with two attached hydrogens (primary N) is 1. The molecule has 4 N–H and O–H groups in total. The summed E-state index contributed by atoms with van der Waals surface area (Å²) >= 11 is 5.93. The highest BCUT2D eigenvalue weighted by Gasteiger charge is 2.54. The highest BCUT2D eigenvalue weighted by atomic mass is 35.5. The summed E-state index contributed by atoms with van der Waals surface area (Å²) in [6, 6.07) is 6.30. The van der Waals surface area contributed by atoms with Crippen LogP contribution in [0.4, 0.5) is 18.9 Å². The Kier molecular flexibility index (Phi) is 7.58. The number of halogens is 4. The van der Waals surface area contributed by atoms with Crippen LogP contribution in [0.15, 0.2) is 41.5 Å². The van der Waals surface area contributed by atoms with Gasteiger partial charge in [-0.3, -0.25) is 14.6 Å². The third-order valence-corrected chi connectivity index (χ3v) is 4.64. The Morgan fingerprint density at radius 2 is 2.06 bits per heavy atom. The van der Waals surface area contributed by atoms with Gasteiger partial charge in [0.25, 0.3) is 18.3 Å². The molecule has 0 bridgehead atoms. The highest BCUT2D eigenvalue weighted by molar-refractivity contribution is 6.34. The van der Waals surface area contributed by atoms with E-state index < -0.39 is 35.4 Å². The van der Waals surface area contributed by atoms with E-state index in [1.165, 1.54) is 18.3 Å². The maximum Gasteiger partial charge on any atom is 0.299 e. The van der Waals surface area contributed by atoms with Crippen LogP contribution in [0.1, 0.15) is 23.0 Å². The van der Waals surface area contributed by atoms with Crippen LogP contribution < -0.4 is 11.1 Å². The quantitative estimate of drug-likeness (QED) is 0.607. The van der Waals surface area contributed by atoms with E-state index in [1.54, 1.807) is 6.07 Å². The van der Waals surface area contributed by atoms with Crippen LogP contribution in [0.2, 0.25) is 5.02 Å². The van der Waals surface area contributed by atoms with E-state index >= 15 is 0 Å². The Morgan fingerprint density at radius 3 is 2.71 bits per heavy atom. The number of carbonyl (C=O) groups is 2. The van der Waals surface area contributed by atoms with Gasteiger partial charge in [0, 0.05) is 17.4 Å². The third kappa shape index (κ3) is 5.30. The molecule has 1 aromatic heterocycles. The lowest BCUT2D eigenvalue weighted by Gasteiger charge is -2.33. The number of nitrogens with one attached hydrogen (secondary N) is 1. The number of alkyl halides is 2. The lowest BCUT2D eigenvalue weighted by Crippen LogP contribution is -2.45. The number of aromatic nitrogens is 1. The fraction of sp³-hybridized carbons (Fsp3) is 0.263. The molecule has 0 saturated heterocycles. The van der Waals surface area contributed by atoms with Crippen molar-refractivity contribution in [2.24, 2.45) is 10.7 Å². The number of amides is 1. The Labute approximate surface area is 179 Å². The minimum atomic E-state index is -3.54. The number of carboxylic acid groups (broad SMARTS) is 1. The molecule has 0 fully saturated rings. The summed E-state index contributed by atoms with van der Waals surface area (Å²) in [5, 5.41) is 9.47. The van der Waals surface area contributed by atoms with E-state index in [4.69, 9.17) is 32.0 Å². The molecule has 1 aromatic carbocycles. The van der Waals surface area contributed by atoms with Crippen LogP contribution in [0.5, 0.6) is 0 Å². The zero-order valence-electron chi connectivity index (χ0n) is 16.1. The molecular weight excluding hydrogens is 441 g/mol.